The second-order valence-corrected chi connectivity index (χ2v) is 2.67. The fourth-order valence-corrected chi connectivity index (χ4v) is 0.884. The zero-order chi connectivity index (χ0) is 10.9. The van der Waals surface area contributed by atoms with Crippen molar-refractivity contribution in [2.45, 2.75) is 6.42 Å². The highest BCUT2D eigenvalue weighted by atomic mass is 16.5. The van der Waals surface area contributed by atoms with E-state index in [0.29, 0.717) is 18.2 Å². The summed E-state index contributed by atoms with van der Waals surface area (Å²) in [7, 11) is 0. The summed E-state index contributed by atoms with van der Waals surface area (Å²) in [6.45, 7) is 4.16. The molecule has 1 heterocycles. The van der Waals surface area contributed by atoms with Gasteiger partial charge in [0.1, 0.15) is 6.34 Å². The Balaban J connectivity index is 2.48. The van der Waals surface area contributed by atoms with Crippen molar-refractivity contribution in [1.82, 2.24) is 10.5 Å². The zero-order valence-corrected chi connectivity index (χ0v) is 8.26. The molecule has 0 bridgehead atoms. The molecular weight excluding hydrogens is 194 g/mol. The predicted octanol–water partition coefficient (Wildman–Crippen LogP) is 1.68. The van der Waals surface area contributed by atoms with E-state index >= 15 is 0 Å². The molecule has 5 heteroatoms. The van der Waals surface area contributed by atoms with E-state index in [2.05, 4.69) is 16.6 Å². The van der Waals surface area contributed by atoms with Crippen molar-refractivity contribution in [3.8, 4) is 5.88 Å². The molecule has 1 aromatic rings. The highest BCUT2D eigenvalue weighted by Crippen LogP contribution is 2.13. The zero-order valence-electron chi connectivity index (χ0n) is 8.26. The third kappa shape index (κ3) is 4.24. The maximum absolute atomic E-state index is 8.27. The predicted molar refractivity (Wildman–Crippen MR) is 57.6 cm³/mol. The summed E-state index contributed by atoms with van der Waals surface area (Å²) < 4.78 is 5.31. The van der Waals surface area contributed by atoms with Crippen LogP contribution in [0.4, 0.5) is 5.69 Å². The van der Waals surface area contributed by atoms with Crippen molar-refractivity contribution in [3.63, 3.8) is 0 Å². The van der Waals surface area contributed by atoms with Gasteiger partial charge in [0.15, 0.2) is 0 Å². The van der Waals surface area contributed by atoms with Crippen LogP contribution in [0, 0.1) is 0 Å². The molecule has 1 aromatic heterocycles. The molecule has 0 spiro atoms. The Labute approximate surface area is 88.1 Å². The first-order valence-electron chi connectivity index (χ1n) is 4.48. The number of hydrogen-bond acceptors (Lipinski definition) is 4. The molecule has 2 N–H and O–H groups in total. The Morgan fingerprint density at radius 2 is 2.47 bits per heavy atom. The first kappa shape index (κ1) is 11.2. The van der Waals surface area contributed by atoms with E-state index in [1.165, 1.54) is 0 Å². The molecule has 0 amide bonds. The molecule has 0 aliphatic rings. The fraction of sp³-hybridized carbons (Fsp3) is 0.200. The number of rotatable bonds is 6. The molecule has 0 aliphatic heterocycles. The van der Waals surface area contributed by atoms with E-state index < -0.39 is 0 Å². The average molecular weight is 207 g/mol. The van der Waals surface area contributed by atoms with Crippen LogP contribution in [-0.2, 0) is 0 Å². The number of hydrogen-bond donors (Lipinski definition) is 2. The Morgan fingerprint density at radius 3 is 3.07 bits per heavy atom. The van der Waals surface area contributed by atoms with Crippen LogP contribution >= 0.6 is 0 Å². The van der Waals surface area contributed by atoms with Crippen LogP contribution in [0.25, 0.3) is 0 Å². The van der Waals surface area contributed by atoms with Gasteiger partial charge >= 0.3 is 0 Å². The minimum absolute atomic E-state index is 0.549. The monoisotopic (exact) mass is 207 g/mol. The molecule has 0 atom stereocenters. The average Bonchev–Trinajstić information content (AvgIpc) is 2.28. The minimum Gasteiger partial charge on any atom is -0.477 e. The minimum atomic E-state index is 0.549. The maximum Gasteiger partial charge on any atom is 0.213 e. The van der Waals surface area contributed by atoms with Gasteiger partial charge in [0.2, 0.25) is 5.88 Å². The molecule has 80 valence electrons. The van der Waals surface area contributed by atoms with E-state index in [1.807, 2.05) is 5.48 Å². The summed E-state index contributed by atoms with van der Waals surface area (Å²) in [6, 6.07) is 3.46. The van der Waals surface area contributed by atoms with Gasteiger partial charge in [0.05, 0.1) is 18.5 Å². The van der Waals surface area contributed by atoms with Gasteiger partial charge in [-0.1, -0.05) is 6.08 Å². The van der Waals surface area contributed by atoms with Crippen molar-refractivity contribution in [1.29, 1.82) is 0 Å². The lowest BCUT2D eigenvalue weighted by molar-refractivity contribution is 0.240. The van der Waals surface area contributed by atoms with Crippen LogP contribution in [0.2, 0.25) is 0 Å². The van der Waals surface area contributed by atoms with E-state index in [0.717, 1.165) is 12.8 Å². The van der Waals surface area contributed by atoms with Crippen LogP contribution in [0.1, 0.15) is 6.42 Å². The van der Waals surface area contributed by atoms with Gasteiger partial charge in [0, 0.05) is 6.07 Å². The summed E-state index contributed by atoms with van der Waals surface area (Å²) in [5, 5.41) is 8.27. The molecule has 0 radical (unpaired) electrons. The summed E-state index contributed by atoms with van der Waals surface area (Å²) in [6.07, 6.45) is 5.29. The van der Waals surface area contributed by atoms with Crippen LogP contribution in [0.5, 0.6) is 5.88 Å². The quantitative estimate of drug-likeness (QED) is 0.245. The summed E-state index contributed by atoms with van der Waals surface area (Å²) >= 11 is 0. The fourth-order valence-electron chi connectivity index (χ4n) is 0.884. The number of pyridine rings is 1. The standard InChI is InChI=1S/C10H13N3O2/c1-2-3-6-15-10-5-4-9(7-11-10)12-8-13-14/h2,4-5,7-8,14H,1,3,6H2,(H,12,13). The highest BCUT2D eigenvalue weighted by Gasteiger charge is 1.94. The first-order valence-corrected chi connectivity index (χ1v) is 4.48. The molecule has 0 saturated heterocycles. The van der Waals surface area contributed by atoms with E-state index in [1.54, 1.807) is 24.4 Å². The lowest BCUT2D eigenvalue weighted by Gasteiger charge is -2.02. The number of hydroxylamine groups is 1. The van der Waals surface area contributed by atoms with Crippen molar-refractivity contribution >= 4 is 12.0 Å². The Hall–Kier alpha value is -1.88. The van der Waals surface area contributed by atoms with Crippen LogP contribution < -0.4 is 10.2 Å². The van der Waals surface area contributed by atoms with E-state index in [9.17, 15) is 0 Å². The van der Waals surface area contributed by atoms with Crippen molar-refractivity contribution in [2.24, 2.45) is 4.99 Å². The van der Waals surface area contributed by atoms with Crippen LogP contribution in [-0.4, -0.2) is 23.1 Å². The van der Waals surface area contributed by atoms with Gasteiger partial charge in [-0.15, -0.1) is 6.58 Å². The third-order valence-electron chi connectivity index (χ3n) is 1.56. The van der Waals surface area contributed by atoms with Gasteiger partial charge in [0.25, 0.3) is 0 Å². The number of nitrogens with zero attached hydrogens (tertiary/aromatic N) is 2. The summed E-state index contributed by atoms with van der Waals surface area (Å²) in [5.74, 6) is 0.549. The molecular formula is C10H13N3O2. The second kappa shape index (κ2) is 6.56. The van der Waals surface area contributed by atoms with Crippen LogP contribution in [0.15, 0.2) is 36.0 Å². The Morgan fingerprint density at radius 1 is 1.60 bits per heavy atom. The SMILES string of the molecule is C=CCCOc1ccc(N=CNO)cn1. The van der Waals surface area contributed by atoms with Gasteiger partial charge in [-0.05, 0) is 12.5 Å². The number of ether oxygens (including phenoxy) is 1. The molecule has 0 saturated carbocycles. The summed E-state index contributed by atoms with van der Waals surface area (Å²) in [4.78, 5) is 7.87. The molecule has 0 aliphatic carbocycles. The van der Waals surface area contributed by atoms with E-state index in [4.69, 9.17) is 9.94 Å². The van der Waals surface area contributed by atoms with Gasteiger partial charge in [-0.2, -0.15) is 0 Å². The first-order chi connectivity index (χ1) is 7.36. The molecule has 1 rings (SSSR count). The molecule has 0 aromatic carbocycles. The van der Waals surface area contributed by atoms with E-state index in [-0.39, 0.29) is 0 Å². The number of aromatic nitrogens is 1. The lowest BCUT2D eigenvalue weighted by Crippen LogP contribution is -2.01. The highest BCUT2D eigenvalue weighted by molar-refractivity contribution is 5.59. The van der Waals surface area contributed by atoms with Crippen molar-refractivity contribution in [2.75, 3.05) is 6.61 Å². The third-order valence-corrected chi connectivity index (χ3v) is 1.56. The molecule has 0 unspecified atom stereocenters. The van der Waals surface area contributed by atoms with Crippen LogP contribution in [0.3, 0.4) is 0 Å². The van der Waals surface area contributed by atoms with Crippen molar-refractivity contribution < 1.29 is 9.94 Å². The molecule has 0 fully saturated rings. The molecule has 15 heavy (non-hydrogen) atoms. The van der Waals surface area contributed by atoms with Gasteiger partial charge in [-0.3, -0.25) is 10.7 Å². The second-order valence-electron chi connectivity index (χ2n) is 2.67. The van der Waals surface area contributed by atoms with Gasteiger partial charge < -0.3 is 4.74 Å². The lowest BCUT2D eigenvalue weighted by atomic mass is 10.4. The molecule has 5 nitrogen and oxygen atoms in total. The van der Waals surface area contributed by atoms with Crippen molar-refractivity contribution in [3.05, 3.63) is 31.0 Å². The number of aliphatic imine (C=N–C) groups is 1. The Kier molecular flexibility index (Phi) is 4.89. The summed E-state index contributed by atoms with van der Waals surface area (Å²) in [5.41, 5.74) is 2.44. The number of nitrogens with one attached hydrogen (secondary N) is 1. The van der Waals surface area contributed by atoms with Gasteiger partial charge in [-0.25, -0.2) is 9.98 Å². The smallest absolute Gasteiger partial charge is 0.213 e. The largest absolute Gasteiger partial charge is 0.477 e. The normalized spacial score (nSPS) is 10.2. The maximum atomic E-state index is 8.27. The Bertz CT molecular complexity index is 322. The topological polar surface area (TPSA) is 66.7 Å².